The molecule has 14 atom stereocenters. The fourth-order valence-corrected chi connectivity index (χ4v) is 9.94. The van der Waals surface area contributed by atoms with E-state index in [2.05, 4.69) is 13.8 Å². The van der Waals surface area contributed by atoms with Crippen LogP contribution in [0.25, 0.3) is 0 Å². The molecule has 39 heavy (non-hydrogen) atoms. The molecule has 1 saturated heterocycles. The molecule has 6 N–H and O–H groups in total. The highest BCUT2D eigenvalue weighted by atomic mass is 16.7. The molecule has 0 bridgehead atoms. The smallest absolute Gasteiger partial charge is 0.331 e. The van der Waals surface area contributed by atoms with E-state index in [0.717, 1.165) is 50.5 Å². The normalized spacial score (nSPS) is 55.3. The van der Waals surface area contributed by atoms with Gasteiger partial charge in [-0.1, -0.05) is 13.8 Å². The summed E-state index contributed by atoms with van der Waals surface area (Å²) in [5.41, 5.74) is -0.760. The summed E-state index contributed by atoms with van der Waals surface area (Å²) in [6, 6.07) is 0. The fourth-order valence-electron chi connectivity index (χ4n) is 9.94. The highest BCUT2D eigenvalue weighted by molar-refractivity contribution is 5.85. The van der Waals surface area contributed by atoms with Crippen molar-refractivity contribution in [1.82, 2.24) is 0 Å². The van der Waals surface area contributed by atoms with E-state index in [4.69, 9.17) is 14.2 Å². The number of hydrogen-bond acceptors (Lipinski definition) is 10. The number of aliphatic hydroxyl groups excluding tert-OH is 5. The standard InChI is InChI=1S/C29H44O10/c1-27-7-5-16(38-26-25(35)24(34)23(33)20(12-30)39-26)10-15(27)3-4-18-17(27)6-8-28(2)22(14-9-21(32)37-13-14)19(31)11-29(18,28)36/h9,15-20,22-26,30-31,33-36H,3-8,10-13H2,1-2H3/t15-,16+,17+,18-,19+,20-,22+,23-,24+,25-,26-,27+,28-,29?/m1/s1. The van der Waals surface area contributed by atoms with E-state index in [1.165, 1.54) is 6.08 Å². The van der Waals surface area contributed by atoms with Gasteiger partial charge in [0.1, 0.15) is 31.0 Å². The minimum absolute atomic E-state index is 0.00996. The largest absolute Gasteiger partial charge is 0.458 e. The first-order valence-corrected chi connectivity index (χ1v) is 14.7. The van der Waals surface area contributed by atoms with Crippen molar-refractivity contribution in [3.63, 3.8) is 0 Å². The molecule has 2 aliphatic heterocycles. The molecule has 0 spiro atoms. The van der Waals surface area contributed by atoms with Crippen LogP contribution in [0.2, 0.25) is 0 Å². The Labute approximate surface area is 229 Å². The average molecular weight is 553 g/mol. The first kappa shape index (κ1) is 28.0. The second-order valence-electron chi connectivity index (χ2n) is 13.7. The number of rotatable bonds is 4. The number of cyclic esters (lactones) is 1. The van der Waals surface area contributed by atoms with Gasteiger partial charge in [0.15, 0.2) is 6.29 Å². The van der Waals surface area contributed by atoms with Gasteiger partial charge in [0.2, 0.25) is 0 Å². The number of carbonyl (C=O) groups excluding carboxylic acids is 1. The van der Waals surface area contributed by atoms with Gasteiger partial charge in [0, 0.05) is 23.8 Å². The highest BCUT2D eigenvalue weighted by Crippen LogP contribution is 2.70. The van der Waals surface area contributed by atoms with Gasteiger partial charge in [0.25, 0.3) is 0 Å². The minimum Gasteiger partial charge on any atom is -0.458 e. The Balaban J connectivity index is 1.17. The van der Waals surface area contributed by atoms with Crippen molar-refractivity contribution in [3.8, 4) is 0 Å². The summed E-state index contributed by atoms with van der Waals surface area (Å²) in [6.45, 7) is 4.13. The molecular weight excluding hydrogens is 508 g/mol. The fraction of sp³-hybridized carbons (Fsp3) is 0.897. The third-order valence-corrected chi connectivity index (χ3v) is 12.1. The van der Waals surface area contributed by atoms with Gasteiger partial charge in [-0.3, -0.25) is 0 Å². The molecule has 0 amide bonds. The number of fused-ring (bicyclic) bond motifs is 5. The quantitative estimate of drug-likeness (QED) is 0.212. The third kappa shape index (κ3) is 4.08. The van der Waals surface area contributed by atoms with E-state index in [1.807, 2.05) is 0 Å². The van der Waals surface area contributed by atoms with Gasteiger partial charge in [-0.25, -0.2) is 4.79 Å². The summed E-state index contributed by atoms with van der Waals surface area (Å²) in [6.07, 6.45) is 0.361. The lowest BCUT2D eigenvalue weighted by Crippen LogP contribution is -2.63. The van der Waals surface area contributed by atoms with Gasteiger partial charge >= 0.3 is 5.97 Å². The van der Waals surface area contributed by atoms with Crippen LogP contribution in [0, 0.1) is 34.5 Å². The predicted molar refractivity (Wildman–Crippen MR) is 136 cm³/mol. The molecule has 0 aromatic carbocycles. The lowest BCUT2D eigenvalue weighted by atomic mass is 9.43. The topological polar surface area (TPSA) is 166 Å². The number of esters is 1. The van der Waals surface area contributed by atoms with Gasteiger partial charge in [-0.15, -0.1) is 0 Å². The molecule has 4 saturated carbocycles. The maximum atomic E-state index is 12.4. The van der Waals surface area contributed by atoms with Crippen molar-refractivity contribution in [3.05, 3.63) is 11.6 Å². The number of hydrogen-bond donors (Lipinski definition) is 6. The molecule has 4 aliphatic carbocycles. The maximum Gasteiger partial charge on any atom is 0.331 e. The molecule has 0 aromatic heterocycles. The van der Waals surface area contributed by atoms with Gasteiger partial charge in [0.05, 0.1) is 24.4 Å². The summed E-state index contributed by atoms with van der Waals surface area (Å²) in [5.74, 6) is 0.0346. The summed E-state index contributed by atoms with van der Waals surface area (Å²) in [5, 5.41) is 63.8. The van der Waals surface area contributed by atoms with Crippen LogP contribution in [0.4, 0.5) is 0 Å². The number of ether oxygens (including phenoxy) is 3. The van der Waals surface area contributed by atoms with E-state index in [1.54, 1.807) is 0 Å². The zero-order valence-electron chi connectivity index (χ0n) is 22.8. The molecule has 0 radical (unpaired) electrons. The highest BCUT2D eigenvalue weighted by Gasteiger charge is 2.70. The predicted octanol–water partition coefficient (Wildman–Crippen LogP) is 0.399. The van der Waals surface area contributed by atoms with Crippen molar-refractivity contribution in [2.45, 2.75) is 114 Å². The molecular formula is C29H44O10. The molecule has 0 aromatic rings. The summed E-state index contributed by atoms with van der Waals surface area (Å²) in [7, 11) is 0. The molecule has 6 aliphatic rings. The Hall–Kier alpha value is -1.11. The Morgan fingerprint density at radius 1 is 1.00 bits per heavy atom. The number of carbonyl (C=O) groups is 1. The molecule has 10 nitrogen and oxygen atoms in total. The van der Waals surface area contributed by atoms with Crippen molar-refractivity contribution in [2.75, 3.05) is 13.2 Å². The number of aliphatic hydroxyl groups is 6. The Kier molecular flexibility index (Phi) is 6.99. The third-order valence-electron chi connectivity index (χ3n) is 12.1. The van der Waals surface area contributed by atoms with E-state index in [-0.39, 0.29) is 35.9 Å². The summed E-state index contributed by atoms with van der Waals surface area (Å²) < 4.78 is 16.9. The van der Waals surface area contributed by atoms with Gasteiger partial charge in [-0.05, 0) is 73.7 Å². The summed E-state index contributed by atoms with van der Waals surface area (Å²) in [4.78, 5) is 11.8. The van der Waals surface area contributed by atoms with Crippen molar-refractivity contribution >= 4 is 5.97 Å². The van der Waals surface area contributed by atoms with E-state index in [0.29, 0.717) is 18.3 Å². The van der Waals surface area contributed by atoms with Crippen LogP contribution < -0.4 is 0 Å². The van der Waals surface area contributed by atoms with Gasteiger partial charge < -0.3 is 44.8 Å². The zero-order chi connectivity index (χ0) is 27.9. The molecule has 220 valence electrons. The SMILES string of the molecule is C[C@]12CC[C@H](O[C@@H]3O[C@H](CO)[C@@H](O)[C@H](O)[C@H]3O)C[C@H]1CC[C@@H]1[C@@H]2CC[C@]2(C)[C@@H](C3=CC(=O)OC3)[C@@H](O)CC12O. The Morgan fingerprint density at radius 3 is 2.46 bits per heavy atom. The van der Waals surface area contributed by atoms with Crippen molar-refractivity contribution < 1.29 is 49.6 Å². The lowest BCUT2D eigenvalue weighted by Gasteiger charge is -2.63. The minimum atomic E-state index is -1.46. The first-order chi connectivity index (χ1) is 18.4. The van der Waals surface area contributed by atoms with E-state index >= 15 is 0 Å². The van der Waals surface area contributed by atoms with Crippen molar-refractivity contribution in [2.24, 2.45) is 34.5 Å². The van der Waals surface area contributed by atoms with Crippen LogP contribution in [0.5, 0.6) is 0 Å². The second-order valence-corrected chi connectivity index (χ2v) is 13.7. The monoisotopic (exact) mass is 552 g/mol. The molecule has 5 fully saturated rings. The van der Waals surface area contributed by atoms with Crippen LogP contribution in [0.3, 0.4) is 0 Å². The molecule has 2 heterocycles. The van der Waals surface area contributed by atoms with E-state index in [9.17, 15) is 35.4 Å². The van der Waals surface area contributed by atoms with Gasteiger partial charge in [-0.2, -0.15) is 0 Å². The van der Waals surface area contributed by atoms with Crippen LogP contribution in [-0.2, 0) is 19.0 Å². The molecule has 6 rings (SSSR count). The molecule has 10 heteroatoms. The first-order valence-electron chi connectivity index (χ1n) is 14.7. The Bertz CT molecular complexity index is 1000. The second kappa shape index (κ2) is 9.73. The van der Waals surface area contributed by atoms with Crippen LogP contribution in [0.15, 0.2) is 11.6 Å². The van der Waals surface area contributed by atoms with E-state index < -0.39 is 54.4 Å². The Morgan fingerprint density at radius 2 is 1.77 bits per heavy atom. The average Bonchev–Trinajstić information content (AvgIpc) is 3.40. The maximum absolute atomic E-state index is 12.4. The zero-order valence-corrected chi connectivity index (χ0v) is 22.8. The van der Waals surface area contributed by atoms with Crippen molar-refractivity contribution in [1.29, 1.82) is 0 Å². The van der Waals surface area contributed by atoms with Crippen LogP contribution in [-0.4, -0.2) is 98.3 Å². The molecule has 1 unspecified atom stereocenters. The van der Waals surface area contributed by atoms with Crippen LogP contribution >= 0.6 is 0 Å². The summed E-state index contributed by atoms with van der Waals surface area (Å²) >= 11 is 0. The lowest BCUT2D eigenvalue weighted by molar-refractivity contribution is -0.317. The van der Waals surface area contributed by atoms with Crippen LogP contribution in [0.1, 0.15) is 65.2 Å².